The third-order valence-electron chi connectivity index (χ3n) is 3.70. The number of halogens is 1. The molecule has 0 aliphatic carbocycles. The molecule has 0 radical (unpaired) electrons. The standard InChI is InChI=1S/C22H18ClN3O2/c23-20-7-3-17(4-8-20)1-2-18-5-9-21(10-6-18)28-16-22(27)26-25-15-19-11-13-24-14-12-19/h1-15H,16H2,(H,26,27)/b2-1+,25-15+. The monoisotopic (exact) mass is 391 g/mol. The van der Waals surface area contributed by atoms with Gasteiger partial charge in [0, 0.05) is 17.4 Å². The highest BCUT2D eigenvalue weighted by Gasteiger charge is 2.01. The van der Waals surface area contributed by atoms with Crippen molar-refractivity contribution < 1.29 is 9.53 Å². The van der Waals surface area contributed by atoms with Gasteiger partial charge in [0.15, 0.2) is 6.61 Å². The lowest BCUT2D eigenvalue weighted by Crippen LogP contribution is -2.24. The maximum absolute atomic E-state index is 11.8. The van der Waals surface area contributed by atoms with Gasteiger partial charge in [-0.3, -0.25) is 9.78 Å². The van der Waals surface area contributed by atoms with Crippen molar-refractivity contribution in [2.24, 2.45) is 5.10 Å². The van der Waals surface area contributed by atoms with Gasteiger partial charge in [-0.05, 0) is 53.1 Å². The Morgan fingerprint density at radius 3 is 2.18 bits per heavy atom. The third-order valence-corrected chi connectivity index (χ3v) is 3.95. The molecule has 0 bridgehead atoms. The van der Waals surface area contributed by atoms with Crippen LogP contribution in [-0.2, 0) is 4.79 Å². The Bertz CT molecular complexity index is 953. The average molecular weight is 392 g/mol. The topological polar surface area (TPSA) is 63.6 Å². The van der Waals surface area contributed by atoms with E-state index in [0.717, 1.165) is 16.7 Å². The lowest BCUT2D eigenvalue weighted by Gasteiger charge is -2.05. The van der Waals surface area contributed by atoms with Crippen molar-refractivity contribution in [2.75, 3.05) is 6.61 Å². The zero-order chi connectivity index (χ0) is 19.6. The number of amides is 1. The summed E-state index contributed by atoms with van der Waals surface area (Å²) in [6.45, 7) is -0.117. The molecule has 3 rings (SSSR count). The fourth-order valence-electron chi connectivity index (χ4n) is 2.25. The van der Waals surface area contributed by atoms with E-state index in [1.165, 1.54) is 0 Å². The van der Waals surface area contributed by atoms with E-state index in [1.54, 1.807) is 30.7 Å². The zero-order valence-electron chi connectivity index (χ0n) is 15.0. The summed E-state index contributed by atoms with van der Waals surface area (Å²) in [4.78, 5) is 15.7. The second-order valence-electron chi connectivity index (χ2n) is 5.82. The molecule has 0 unspecified atom stereocenters. The zero-order valence-corrected chi connectivity index (χ0v) is 15.7. The Balaban J connectivity index is 1.45. The minimum atomic E-state index is -0.336. The van der Waals surface area contributed by atoms with Crippen molar-refractivity contribution in [1.29, 1.82) is 0 Å². The fourth-order valence-corrected chi connectivity index (χ4v) is 2.38. The number of aromatic nitrogens is 1. The van der Waals surface area contributed by atoms with Crippen molar-refractivity contribution in [1.82, 2.24) is 10.4 Å². The number of carbonyl (C=O) groups is 1. The summed E-state index contributed by atoms with van der Waals surface area (Å²) >= 11 is 5.88. The summed E-state index contributed by atoms with van der Waals surface area (Å²) in [6.07, 6.45) is 8.84. The molecule has 6 heteroatoms. The number of hydrogen-bond acceptors (Lipinski definition) is 4. The Kier molecular flexibility index (Phi) is 6.93. The van der Waals surface area contributed by atoms with E-state index in [2.05, 4.69) is 15.5 Å². The highest BCUT2D eigenvalue weighted by Crippen LogP contribution is 2.16. The molecule has 0 fully saturated rings. The van der Waals surface area contributed by atoms with Crippen molar-refractivity contribution >= 4 is 35.9 Å². The van der Waals surface area contributed by atoms with E-state index >= 15 is 0 Å². The van der Waals surface area contributed by atoms with Gasteiger partial charge in [-0.2, -0.15) is 5.10 Å². The van der Waals surface area contributed by atoms with Crippen LogP contribution in [0.1, 0.15) is 16.7 Å². The Labute approximate surface area is 168 Å². The van der Waals surface area contributed by atoms with Crippen LogP contribution in [0.2, 0.25) is 5.02 Å². The van der Waals surface area contributed by atoms with Gasteiger partial charge in [-0.15, -0.1) is 0 Å². The Hall–Kier alpha value is -3.44. The average Bonchev–Trinajstić information content (AvgIpc) is 2.73. The van der Waals surface area contributed by atoms with Crippen LogP contribution in [0, 0.1) is 0 Å². The molecule has 0 saturated heterocycles. The lowest BCUT2D eigenvalue weighted by atomic mass is 10.1. The van der Waals surface area contributed by atoms with Crippen LogP contribution >= 0.6 is 11.6 Å². The Morgan fingerprint density at radius 1 is 0.929 bits per heavy atom. The fraction of sp³-hybridized carbons (Fsp3) is 0.0455. The van der Waals surface area contributed by atoms with Crippen LogP contribution in [0.15, 0.2) is 78.2 Å². The molecule has 2 aromatic carbocycles. The van der Waals surface area contributed by atoms with Gasteiger partial charge in [-0.1, -0.05) is 48.0 Å². The number of nitrogens with zero attached hydrogens (tertiary/aromatic N) is 2. The number of pyridine rings is 1. The molecular weight excluding hydrogens is 374 g/mol. The smallest absolute Gasteiger partial charge is 0.277 e. The van der Waals surface area contributed by atoms with Crippen LogP contribution in [0.3, 0.4) is 0 Å². The van der Waals surface area contributed by atoms with E-state index in [1.807, 2.05) is 60.7 Å². The summed E-state index contributed by atoms with van der Waals surface area (Å²) in [7, 11) is 0. The molecule has 3 aromatic rings. The number of ether oxygens (including phenoxy) is 1. The van der Waals surface area contributed by atoms with Gasteiger partial charge in [0.2, 0.25) is 0 Å². The van der Waals surface area contributed by atoms with E-state index in [4.69, 9.17) is 16.3 Å². The molecule has 0 atom stereocenters. The molecule has 1 heterocycles. The van der Waals surface area contributed by atoms with Crippen LogP contribution in [0.5, 0.6) is 5.75 Å². The van der Waals surface area contributed by atoms with E-state index in [0.29, 0.717) is 10.8 Å². The molecule has 0 saturated carbocycles. The van der Waals surface area contributed by atoms with E-state index in [9.17, 15) is 4.79 Å². The summed E-state index contributed by atoms with van der Waals surface area (Å²) < 4.78 is 5.47. The van der Waals surface area contributed by atoms with Crippen LogP contribution < -0.4 is 10.2 Å². The number of carbonyl (C=O) groups excluding carboxylic acids is 1. The van der Waals surface area contributed by atoms with E-state index in [-0.39, 0.29) is 12.5 Å². The van der Waals surface area contributed by atoms with E-state index < -0.39 is 0 Å². The van der Waals surface area contributed by atoms with Crippen molar-refractivity contribution in [3.05, 3.63) is 94.8 Å². The molecule has 0 spiro atoms. The molecule has 0 aliphatic rings. The van der Waals surface area contributed by atoms with Crippen LogP contribution in [0.4, 0.5) is 0 Å². The highest BCUT2D eigenvalue weighted by atomic mass is 35.5. The number of nitrogens with one attached hydrogen (secondary N) is 1. The second-order valence-corrected chi connectivity index (χ2v) is 6.25. The molecule has 1 amide bonds. The predicted molar refractivity (Wildman–Crippen MR) is 112 cm³/mol. The van der Waals surface area contributed by atoms with Gasteiger partial charge >= 0.3 is 0 Å². The molecule has 1 aromatic heterocycles. The number of hydrogen-bond donors (Lipinski definition) is 1. The number of rotatable bonds is 7. The third kappa shape index (κ3) is 6.37. The molecular formula is C22H18ClN3O2. The first-order valence-corrected chi connectivity index (χ1v) is 8.95. The highest BCUT2D eigenvalue weighted by molar-refractivity contribution is 6.30. The first-order chi connectivity index (χ1) is 13.7. The minimum absolute atomic E-state index is 0.117. The molecule has 140 valence electrons. The maximum Gasteiger partial charge on any atom is 0.277 e. The molecule has 28 heavy (non-hydrogen) atoms. The largest absolute Gasteiger partial charge is 0.484 e. The van der Waals surface area contributed by atoms with Crippen molar-refractivity contribution in [3.8, 4) is 5.75 Å². The summed E-state index contributed by atoms with van der Waals surface area (Å²) in [6, 6.07) is 18.6. The van der Waals surface area contributed by atoms with Crippen LogP contribution in [-0.4, -0.2) is 23.7 Å². The quantitative estimate of drug-likeness (QED) is 0.368. The molecule has 1 N–H and O–H groups in total. The minimum Gasteiger partial charge on any atom is -0.484 e. The number of hydrazone groups is 1. The Morgan fingerprint density at radius 2 is 1.54 bits per heavy atom. The van der Waals surface area contributed by atoms with Crippen molar-refractivity contribution in [2.45, 2.75) is 0 Å². The molecule has 0 aliphatic heterocycles. The summed E-state index contributed by atoms with van der Waals surface area (Å²) in [5, 5.41) is 4.59. The predicted octanol–water partition coefficient (Wildman–Crippen LogP) is 4.43. The first kappa shape index (κ1) is 19.3. The van der Waals surface area contributed by atoms with Gasteiger partial charge in [0.25, 0.3) is 5.91 Å². The van der Waals surface area contributed by atoms with Gasteiger partial charge in [0.1, 0.15) is 5.75 Å². The second kappa shape index (κ2) is 10.0. The van der Waals surface area contributed by atoms with Gasteiger partial charge in [0.05, 0.1) is 6.21 Å². The summed E-state index contributed by atoms with van der Waals surface area (Å²) in [5.41, 5.74) is 5.35. The first-order valence-electron chi connectivity index (χ1n) is 8.57. The number of benzene rings is 2. The van der Waals surface area contributed by atoms with Crippen LogP contribution in [0.25, 0.3) is 12.2 Å². The van der Waals surface area contributed by atoms with Gasteiger partial charge in [-0.25, -0.2) is 5.43 Å². The maximum atomic E-state index is 11.8. The van der Waals surface area contributed by atoms with Crippen molar-refractivity contribution in [3.63, 3.8) is 0 Å². The SMILES string of the molecule is O=C(COc1ccc(/C=C/c2ccc(Cl)cc2)cc1)N/N=C/c1ccncc1. The summed E-state index contributed by atoms with van der Waals surface area (Å²) in [5.74, 6) is 0.272. The lowest BCUT2D eigenvalue weighted by molar-refractivity contribution is -0.123. The normalized spacial score (nSPS) is 11.0. The molecule has 5 nitrogen and oxygen atoms in total. The van der Waals surface area contributed by atoms with Gasteiger partial charge < -0.3 is 4.74 Å².